The summed E-state index contributed by atoms with van der Waals surface area (Å²) >= 11 is 1.63. The van der Waals surface area contributed by atoms with Gasteiger partial charge in [0.1, 0.15) is 0 Å². The van der Waals surface area contributed by atoms with Crippen molar-refractivity contribution < 1.29 is 13.6 Å². The zero-order valence-electron chi connectivity index (χ0n) is 15.3. The number of amides is 1. The van der Waals surface area contributed by atoms with Crippen LogP contribution in [-0.4, -0.2) is 34.9 Å². The summed E-state index contributed by atoms with van der Waals surface area (Å²) in [5, 5.41) is 4.19. The third-order valence-electron chi connectivity index (χ3n) is 4.96. The van der Waals surface area contributed by atoms with Crippen LogP contribution in [0.3, 0.4) is 0 Å². The van der Waals surface area contributed by atoms with E-state index in [1.165, 1.54) is 6.07 Å². The molecule has 0 spiro atoms. The van der Waals surface area contributed by atoms with Crippen LogP contribution in [0.25, 0.3) is 10.2 Å². The molecule has 1 aromatic heterocycles. The molecule has 0 saturated carbocycles. The van der Waals surface area contributed by atoms with Crippen molar-refractivity contribution in [1.29, 1.82) is 0 Å². The number of aromatic nitrogens is 1. The molecule has 3 aromatic rings. The van der Waals surface area contributed by atoms with Crippen LogP contribution < -0.4 is 5.32 Å². The van der Waals surface area contributed by atoms with Crippen LogP contribution in [0.1, 0.15) is 24.3 Å². The van der Waals surface area contributed by atoms with Crippen LogP contribution in [0.2, 0.25) is 0 Å². The second-order valence-electron chi connectivity index (χ2n) is 7.03. The first-order chi connectivity index (χ1) is 13.6. The van der Waals surface area contributed by atoms with Crippen molar-refractivity contribution >= 4 is 33.1 Å². The highest BCUT2D eigenvalue weighted by Crippen LogP contribution is 2.23. The molecule has 0 unspecified atom stereocenters. The highest BCUT2D eigenvalue weighted by atomic mass is 32.1. The molecular formula is C21H21F2N3OS. The zero-order valence-corrected chi connectivity index (χ0v) is 16.1. The van der Waals surface area contributed by atoms with E-state index in [1.807, 2.05) is 29.2 Å². The van der Waals surface area contributed by atoms with Gasteiger partial charge in [0.15, 0.2) is 11.6 Å². The van der Waals surface area contributed by atoms with Crippen molar-refractivity contribution in [2.24, 2.45) is 0 Å². The number of nitrogens with one attached hydrogen (secondary N) is 1. The predicted molar refractivity (Wildman–Crippen MR) is 108 cm³/mol. The number of carbonyl (C=O) groups excluding carboxylic acids is 1. The number of aryl methyl sites for hydroxylation is 1. The van der Waals surface area contributed by atoms with Gasteiger partial charge in [0, 0.05) is 43.7 Å². The molecule has 4 rings (SSSR count). The third kappa shape index (κ3) is 4.30. The van der Waals surface area contributed by atoms with E-state index < -0.39 is 11.6 Å². The Hall–Kier alpha value is -2.54. The first-order valence-corrected chi connectivity index (χ1v) is 10.2. The summed E-state index contributed by atoms with van der Waals surface area (Å²) in [6.45, 7) is 1.30. The Labute approximate surface area is 166 Å². The Bertz CT molecular complexity index is 958. The number of likely N-dealkylation sites (tertiary alicyclic amines) is 1. The number of hydrogen-bond donors (Lipinski definition) is 1. The molecule has 1 fully saturated rings. The van der Waals surface area contributed by atoms with Crippen LogP contribution in [0, 0.1) is 11.6 Å². The van der Waals surface area contributed by atoms with Crippen molar-refractivity contribution in [1.82, 2.24) is 9.88 Å². The Morgan fingerprint density at radius 1 is 1.21 bits per heavy atom. The minimum Gasteiger partial charge on any atom is -0.380 e. The summed E-state index contributed by atoms with van der Waals surface area (Å²) in [4.78, 5) is 19.1. The minimum atomic E-state index is -0.871. The smallest absolute Gasteiger partial charge is 0.223 e. The quantitative estimate of drug-likeness (QED) is 0.679. The van der Waals surface area contributed by atoms with Crippen LogP contribution in [0.4, 0.5) is 14.5 Å². The Balaban J connectivity index is 1.33. The highest BCUT2D eigenvalue weighted by molar-refractivity contribution is 7.18. The minimum absolute atomic E-state index is 0.0324. The maximum atomic E-state index is 13.4. The summed E-state index contributed by atoms with van der Waals surface area (Å²) in [5.74, 6) is -1.62. The van der Waals surface area contributed by atoms with Crippen molar-refractivity contribution in [3.05, 3.63) is 59.1 Å². The second kappa shape index (κ2) is 8.22. The van der Waals surface area contributed by atoms with Gasteiger partial charge in [0.2, 0.25) is 5.91 Å². The molecule has 2 heterocycles. The summed E-state index contributed by atoms with van der Waals surface area (Å²) in [6.07, 6.45) is 2.84. The molecule has 4 nitrogen and oxygen atoms in total. The number of fused-ring (bicyclic) bond motifs is 1. The molecule has 7 heteroatoms. The molecule has 0 radical (unpaired) electrons. The summed E-state index contributed by atoms with van der Waals surface area (Å²) in [5.41, 5.74) is 1.51. The standard InChI is InChI=1S/C21H21F2N3OS/c22-16-8-7-14(12-17(16)23)24-15-4-3-11-26(13-15)21(27)10-9-20-25-18-5-1-2-6-19(18)28-20/h1-2,5-8,12,15,24H,3-4,9-11,13H2/t15-/m0/s1. The Morgan fingerprint density at radius 2 is 2.07 bits per heavy atom. The maximum absolute atomic E-state index is 13.4. The molecule has 28 heavy (non-hydrogen) atoms. The average Bonchev–Trinajstić information content (AvgIpc) is 3.12. The first kappa shape index (κ1) is 18.8. The summed E-state index contributed by atoms with van der Waals surface area (Å²) < 4.78 is 27.6. The van der Waals surface area contributed by atoms with Gasteiger partial charge in [-0.25, -0.2) is 13.8 Å². The van der Waals surface area contributed by atoms with E-state index >= 15 is 0 Å². The number of para-hydroxylation sites is 1. The summed E-state index contributed by atoms with van der Waals surface area (Å²) in [7, 11) is 0. The molecule has 1 amide bonds. The monoisotopic (exact) mass is 401 g/mol. The Kier molecular flexibility index (Phi) is 5.52. The average molecular weight is 401 g/mol. The number of piperidine rings is 1. The van der Waals surface area contributed by atoms with Gasteiger partial charge in [0.05, 0.1) is 15.2 Å². The van der Waals surface area contributed by atoms with Crippen molar-refractivity contribution in [2.45, 2.75) is 31.7 Å². The Morgan fingerprint density at radius 3 is 2.89 bits per heavy atom. The molecular weight excluding hydrogens is 380 g/mol. The van der Waals surface area contributed by atoms with Crippen molar-refractivity contribution in [2.75, 3.05) is 18.4 Å². The topological polar surface area (TPSA) is 45.2 Å². The molecule has 0 bridgehead atoms. The number of anilines is 1. The third-order valence-corrected chi connectivity index (χ3v) is 6.05. The predicted octanol–water partition coefficient (Wildman–Crippen LogP) is 4.61. The molecule has 2 aromatic carbocycles. The summed E-state index contributed by atoms with van der Waals surface area (Å²) in [6, 6.07) is 11.8. The maximum Gasteiger partial charge on any atom is 0.223 e. The van der Waals surface area contributed by atoms with Crippen LogP contribution in [0.15, 0.2) is 42.5 Å². The number of rotatable bonds is 5. The molecule has 1 saturated heterocycles. The lowest BCUT2D eigenvalue weighted by molar-refractivity contribution is -0.132. The van der Waals surface area contributed by atoms with Gasteiger partial charge in [-0.1, -0.05) is 12.1 Å². The van der Waals surface area contributed by atoms with Crippen molar-refractivity contribution in [3.63, 3.8) is 0 Å². The molecule has 1 aliphatic rings. The fourth-order valence-electron chi connectivity index (χ4n) is 3.54. The SMILES string of the molecule is O=C(CCc1nc2ccccc2s1)N1CCC[C@H](Nc2ccc(F)c(F)c2)C1. The van der Waals surface area contributed by atoms with E-state index in [1.54, 1.807) is 11.3 Å². The van der Waals surface area contributed by atoms with Gasteiger partial charge in [0.25, 0.3) is 0 Å². The van der Waals surface area contributed by atoms with E-state index in [-0.39, 0.29) is 11.9 Å². The number of nitrogens with zero attached hydrogens (tertiary/aromatic N) is 2. The highest BCUT2D eigenvalue weighted by Gasteiger charge is 2.24. The number of hydrogen-bond acceptors (Lipinski definition) is 4. The van der Waals surface area contributed by atoms with E-state index in [9.17, 15) is 13.6 Å². The van der Waals surface area contributed by atoms with Gasteiger partial charge in [-0.15, -0.1) is 11.3 Å². The van der Waals surface area contributed by atoms with E-state index in [0.29, 0.717) is 25.1 Å². The van der Waals surface area contributed by atoms with E-state index in [4.69, 9.17) is 0 Å². The van der Waals surface area contributed by atoms with E-state index in [2.05, 4.69) is 10.3 Å². The largest absolute Gasteiger partial charge is 0.380 e. The van der Waals surface area contributed by atoms with E-state index in [0.717, 1.165) is 46.7 Å². The van der Waals surface area contributed by atoms with Crippen LogP contribution >= 0.6 is 11.3 Å². The molecule has 1 aliphatic heterocycles. The number of carbonyl (C=O) groups is 1. The fraction of sp³-hybridized carbons (Fsp3) is 0.333. The molecule has 146 valence electrons. The fourth-order valence-corrected chi connectivity index (χ4v) is 4.51. The zero-order chi connectivity index (χ0) is 19.5. The van der Waals surface area contributed by atoms with Gasteiger partial charge in [-0.3, -0.25) is 4.79 Å². The molecule has 1 atom stereocenters. The number of benzene rings is 2. The van der Waals surface area contributed by atoms with Gasteiger partial charge >= 0.3 is 0 Å². The van der Waals surface area contributed by atoms with Gasteiger partial charge in [-0.2, -0.15) is 0 Å². The van der Waals surface area contributed by atoms with Gasteiger partial charge < -0.3 is 10.2 Å². The number of thiazole rings is 1. The van der Waals surface area contributed by atoms with Crippen molar-refractivity contribution in [3.8, 4) is 0 Å². The normalized spacial score (nSPS) is 17.1. The number of halogens is 2. The van der Waals surface area contributed by atoms with Crippen LogP contribution in [-0.2, 0) is 11.2 Å². The first-order valence-electron chi connectivity index (χ1n) is 9.42. The van der Waals surface area contributed by atoms with Crippen LogP contribution in [0.5, 0.6) is 0 Å². The second-order valence-corrected chi connectivity index (χ2v) is 8.14. The van der Waals surface area contributed by atoms with Gasteiger partial charge in [-0.05, 0) is 37.1 Å². The lowest BCUT2D eigenvalue weighted by Gasteiger charge is -2.33. The lowest BCUT2D eigenvalue weighted by atomic mass is 10.0. The molecule has 0 aliphatic carbocycles. The lowest BCUT2D eigenvalue weighted by Crippen LogP contribution is -2.45. The molecule has 1 N–H and O–H groups in total.